The van der Waals surface area contributed by atoms with Gasteiger partial charge in [-0.25, -0.2) is 0 Å². The summed E-state index contributed by atoms with van der Waals surface area (Å²) >= 11 is 0. The fourth-order valence-electron chi connectivity index (χ4n) is 2.57. The molecule has 2 aromatic carbocycles. The average molecular weight is 343 g/mol. The van der Waals surface area contributed by atoms with Crippen LogP contribution in [0.5, 0.6) is 0 Å². The Kier molecular flexibility index (Phi) is 5.40. The summed E-state index contributed by atoms with van der Waals surface area (Å²) in [7, 11) is 0. The maximum Gasteiger partial charge on any atom is 0.157 e. The molecule has 0 aliphatic carbocycles. The van der Waals surface area contributed by atoms with E-state index in [0.717, 1.165) is 5.69 Å². The lowest BCUT2D eigenvalue weighted by atomic mass is 9.99. The molecule has 1 aliphatic rings. The summed E-state index contributed by atoms with van der Waals surface area (Å²) in [6.45, 7) is 1.64. The van der Waals surface area contributed by atoms with Crippen molar-refractivity contribution in [3.8, 4) is 0 Å². The molecule has 0 aromatic heterocycles. The quantitative estimate of drug-likeness (QED) is 0.638. The fraction of sp³-hybridized carbons (Fsp3) is 0.333. The van der Waals surface area contributed by atoms with Crippen LogP contribution in [0, 0.1) is 0 Å². The van der Waals surface area contributed by atoms with Crippen LogP contribution in [0.4, 0.5) is 17.1 Å². The minimum atomic E-state index is -1.26. The van der Waals surface area contributed by atoms with E-state index < -0.39 is 30.6 Å². The predicted molar refractivity (Wildman–Crippen MR) is 93.0 cm³/mol. The first-order valence-corrected chi connectivity index (χ1v) is 8.07. The zero-order valence-corrected chi connectivity index (χ0v) is 13.7. The van der Waals surface area contributed by atoms with Crippen LogP contribution in [0.1, 0.15) is 6.92 Å². The van der Waals surface area contributed by atoms with Crippen LogP contribution < -0.4 is 5.32 Å². The molecular formula is C18H21N3O4. The first-order valence-electron chi connectivity index (χ1n) is 8.07. The van der Waals surface area contributed by atoms with E-state index >= 15 is 0 Å². The van der Waals surface area contributed by atoms with Crippen LogP contribution in [0.15, 0.2) is 64.8 Å². The molecule has 0 radical (unpaired) electrons. The van der Waals surface area contributed by atoms with Crippen LogP contribution in [-0.4, -0.2) is 46.0 Å². The third kappa shape index (κ3) is 4.21. The number of hydrogen-bond acceptors (Lipinski definition) is 7. The van der Waals surface area contributed by atoms with Gasteiger partial charge < -0.3 is 25.4 Å². The first-order chi connectivity index (χ1) is 12.0. The normalized spacial score (nSPS) is 29.7. The van der Waals surface area contributed by atoms with Crippen LogP contribution in [-0.2, 0) is 4.74 Å². The van der Waals surface area contributed by atoms with E-state index in [2.05, 4.69) is 15.5 Å². The molecule has 0 unspecified atom stereocenters. The molecule has 1 heterocycles. The predicted octanol–water partition coefficient (Wildman–Crippen LogP) is 2.34. The monoisotopic (exact) mass is 343 g/mol. The van der Waals surface area contributed by atoms with Crippen molar-refractivity contribution in [3.63, 3.8) is 0 Å². The Morgan fingerprint density at radius 2 is 1.40 bits per heavy atom. The highest BCUT2D eigenvalue weighted by atomic mass is 16.5. The summed E-state index contributed by atoms with van der Waals surface area (Å²) in [5.41, 5.74) is 2.15. The van der Waals surface area contributed by atoms with E-state index in [4.69, 9.17) is 4.74 Å². The highest BCUT2D eigenvalue weighted by Crippen LogP contribution is 2.24. The molecule has 2 aromatic rings. The molecule has 0 spiro atoms. The van der Waals surface area contributed by atoms with Crippen molar-refractivity contribution >= 4 is 17.1 Å². The number of hydrogen-bond donors (Lipinski definition) is 4. The van der Waals surface area contributed by atoms with E-state index in [1.165, 1.54) is 0 Å². The third-order valence-electron chi connectivity index (χ3n) is 4.07. The molecule has 1 aliphatic heterocycles. The van der Waals surface area contributed by atoms with Crippen molar-refractivity contribution in [1.29, 1.82) is 0 Å². The Morgan fingerprint density at radius 1 is 0.800 bits per heavy atom. The van der Waals surface area contributed by atoms with Gasteiger partial charge in [-0.05, 0) is 43.3 Å². The topological polar surface area (TPSA) is 107 Å². The summed E-state index contributed by atoms with van der Waals surface area (Å²) in [6, 6.07) is 16.5. The number of aliphatic hydroxyl groups is 3. The number of rotatable bonds is 4. The van der Waals surface area contributed by atoms with E-state index in [9.17, 15) is 15.3 Å². The Morgan fingerprint density at radius 3 is 2.04 bits per heavy atom. The second-order valence-corrected chi connectivity index (χ2v) is 5.96. The standard InChI is InChI=1S/C18H21N3O4/c1-11-15(22)16(23)17(24)18(25-11)19-12-7-9-14(10-8-12)21-20-13-5-3-2-4-6-13/h2-11,15-19,22-24H,1H3/t11-,15+,16-,17-,18-/m0/s1. The van der Waals surface area contributed by atoms with E-state index in [0.29, 0.717) is 11.4 Å². The minimum Gasteiger partial charge on any atom is -0.388 e. The lowest BCUT2D eigenvalue weighted by Crippen LogP contribution is -2.58. The molecular weight excluding hydrogens is 322 g/mol. The van der Waals surface area contributed by atoms with Crippen molar-refractivity contribution in [2.75, 3.05) is 5.32 Å². The third-order valence-corrected chi connectivity index (χ3v) is 4.07. The van der Waals surface area contributed by atoms with Crippen molar-refractivity contribution in [3.05, 3.63) is 54.6 Å². The number of ether oxygens (including phenoxy) is 1. The number of benzene rings is 2. The molecule has 0 saturated carbocycles. The van der Waals surface area contributed by atoms with Gasteiger partial charge in [-0.3, -0.25) is 0 Å². The smallest absolute Gasteiger partial charge is 0.157 e. The van der Waals surface area contributed by atoms with Crippen molar-refractivity contribution in [2.45, 2.75) is 37.6 Å². The molecule has 7 heteroatoms. The summed E-state index contributed by atoms with van der Waals surface area (Å²) in [6.07, 6.45) is -5.02. The number of nitrogens with zero attached hydrogens (tertiary/aromatic N) is 2. The Bertz CT molecular complexity index is 708. The van der Waals surface area contributed by atoms with Gasteiger partial charge in [0.1, 0.15) is 18.3 Å². The summed E-state index contributed by atoms with van der Waals surface area (Å²) in [5.74, 6) is 0. The molecule has 1 saturated heterocycles. The van der Waals surface area contributed by atoms with Crippen molar-refractivity contribution in [1.82, 2.24) is 0 Å². The van der Waals surface area contributed by atoms with Crippen LogP contribution in [0.3, 0.4) is 0 Å². The molecule has 1 fully saturated rings. The van der Waals surface area contributed by atoms with Gasteiger partial charge in [-0.1, -0.05) is 18.2 Å². The van der Waals surface area contributed by atoms with Crippen LogP contribution in [0.2, 0.25) is 0 Å². The van der Waals surface area contributed by atoms with Gasteiger partial charge in [-0.15, -0.1) is 0 Å². The Hall–Kier alpha value is -2.32. The largest absolute Gasteiger partial charge is 0.388 e. The molecule has 3 rings (SSSR count). The zero-order valence-electron chi connectivity index (χ0n) is 13.7. The zero-order chi connectivity index (χ0) is 17.8. The summed E-state index contributed by atoms with van der Waals surface area (Å²) in [5, 5.41) is 40.9. The lowest BCUT2D eigenvalue weighted by Gasteiger charge is -2.39. The van der Waals surface area contributed by atoms with Gasteiger partial charge in [0, 0.05) is 5.69 Å². The number of azo groups is 1. The SMILES string of the molecule is C[C@@H]1O[C@H](Nc2ccc(N=Nc3ccccc3)cc2)[C@@H](O)[C@@H](O)[C@@H]1O. The number of anilines is 1. The van der Waals surface area contributed by atoms with Gasteiger partial charge in [0.25, 0.3) is 0 Å². The second-order valence-electron chi connectivity index (χ2n) is 5.96. The molecule has 0 bridgehead atoms. The van der Waals surface area contributed by atoms with Crippen molar-refractivity contribution < 1.29 is 20.1 Å². The van der Waals surface area contributed by atoms with Crippen LogP contribution in [0.25, 0.3) is 0 Å². The van der Waals surface area contributed by atoms with Gasteiger partial charge in [0.15, 0.2) is 6.23 Å². The van der Waals surface area contributed by atoms with E-state index in [-0.39, 0.29) is 0 Å². The summed E-state index contributed by atoms with van der Waals surface area (Å²) < 4.78 is 5.51. The van der Waals surface area contributed by atoms with E-state index in [1.807, 2.05) is 30.3 Å². The highest BCUT2D eigenvalue weighted by molar-refractivity contribution is 5.51. The number of nitrogens with one attached hydrogen (secondary N) is 1. The van der Waals surface area contributed by atoms with Crippen molar-refractivity contribution in [2.24, 2.45) is 10.2 Å². The molecule has 0 amide bonds. The maximum absolute atomic E-state index is 10.0. The maximum atomic E-state index is 10.0. The Balaban J connectivity index is 1.64. The van der Waals surface area contributed by atoms with Gasteiger partial charge >= 0.3 is 0 Å². The van der Waals surface area contributed by atoms with Crippen LogP contribution >= 0.6 is 0 Å². The molecule has 7 nitrogen and oxygen atoms in total. The first kappa shape index (κ1) is 17.5. The minimum absolute atomic E-state index is 0.588. The van der Waals surface area contributed by atoms with Gasteiger partial charge in [0.05, 0.1) is 17.5 Å². The highest BCUT2D eigenvalue weighted by Gasteiger charge is 2.41. The molecule has 132 valence electrons. The molecule has 4 N–H and O–H groups in total. The summed E-state index contributed by atoms with van der Waals surface area (Å²) in [4.78, 5) is 0. The molecule has 5 atom stereocenters. The fourth-order valence-corrected chi connectivity index (χ4v) is 2.57. The number of aliphatic hydroxyl groups excluding tert-OH is 3. The average Bonchev–Trinajstić information content (AvgIpc) is 2.64. The van der Waals surface area contributed by atoms with E-state index in [1.54, 1.807) is 31.2 Å². The van der Waals surface area contributed by atoms with Gasteiger partial charge in [-0.2, -0.15) is 10.2 Å². The van der Waals surface area contributed by atoms with Gasteiger partial charge in [0.2, 0.25) is 0 Å². The molecule has 25 heavy (non-hydrogen) atoms. The second kappa shape index (κ2) is 7.71. The Labute approximate surface area is 145 Å². The lowest BCUT2D eigenvalue weighted by molar-refractivity contribution is -0.209.